The third-order valence-corrected chi connectivity index (χ3v) is 6.36. The molecule has 4 aromatic rings. The zero-order valence-corrected chi connectivity index (χ0v) is 17.7. The van der Waals surface area contributed by atoms with Gasteiger partial charge in [-0.1, -0.05) is 6.07 Å². The molecule has 2 aliphatic rings. The van der Waals surface area contributed by atoms with Crippen LogP contribution in [0.1, 0.15) is 12.8 Å². The molecule has 0 unspecified atom stereocenters. The molecule has 0 spiro atoms. The van der Waals surface area contributed by atoms with Gasteiger partial charge in [-0.15, -0.1) is 0 Å². The molecule has 7 nitrogen and oxygen atoms in total. The molecule has 6 rings (SSSR count). The van der Waals surface area contributed by atoms with Gasteiger partial charge >= 0.3 is 0 Å². The quantitative estimate of drug-likeness (QED) is 0.485. The van der Waals surface area contributed by atoms with E-state index >= 15 is 0 Å². The highest BCUT2D eigenvalue weighted by atomic mass is 16.7. The van der Waals surface area contributed by atoms with Gasteiger partial charge in [0.2, 0.25) is 6.79 Å². The molecule has 2 aromatic carbocycles. The van der Waals surface area contributed by atoms with Gasteiger partial charge in [-0.3, -0.25) is 14.0 Å². The molecule has 7 heteroatoms. The molecule has 0 radical (unpaired) electrons. The van der Waals surface area contributed by atoms with Crippen LogP contribution in [0.2, 0.25) is 0 Å². The summed E-state index contributed by atoms with van der Waals surface area (Å²) in [4.78, 5) is 15.4. The summed E-state index contributed by atoms with van der Waals surface area (Å²) in [6.45, 7) is 4.52. The fourth-order valence-corrected chi connectivity index (χ4v) is 4.59. The van der Waals surface area contributed by atoms with E-state index in [-0.39, 0.29) is 12.4 Å². The summed E-state index contributed by atoms with van der Waals surface area (Å²) in [5.41, 5.74) is 3.62. The van der Waals surface area contributed by atoms with E-state index in [0.717, 1.165) is 46.6 Å². The average molecular weight is 428 g/mol. The van der Waals surface area contributed by atoms with Gasteiger partial charge in [-0.05, 0) is 73.5 Å². The first-order chi connectivity index (χ1) is 15.7. The number of hydrogen-bond donors (Lipinski definition) is 0. The van der Waals surface area contributed by atoms with E-state index in [1.165, 1.54) is 25.9 Å². The first kappa shape index (κ1) is 19.1. The monoisotopic (exact) mass is 428 g/mol. The number of benzene rings is 2. The second-order valence-electron chi connectivity index (χ2n) is 8.35. The Kier molecular flexibility index (Phi) is 4.69. The second-order valence-corrected chi connectivity index (χ2v) is 8.35. The summed E-state index contributed by atoms with van der Waals surface area (Å²) in [5, 5.41) is 5.61. The van der Waals surface area contributed by atoms with Gasteiger partial charge in [0.1, 0.15) is 0 Å². The maximum Gasteiger partial charge on any atom is 0.255 e. The fourth-order valence-electron chi connectivity index (χ4n) is 4.59. The Bertz CT molecular complexity index is 1350. The Balaban J connectivity index is 1.26. The van der Waals surface area contributed by atoms with E-state index in [2.05, 4.69) is 20.7 Å². The highest BCUT2D eigenvalue weighted by Crippen LogP contribution is 2.35. The average Bonchev–Trinajstić information content (AvgIpc) is 3.57. The van der Waals surface area contributed by atoms with Crippen molar-refractivity contribution in [3.63, 3.8) is 0 Å². The van der Waals surface area contributed by atoms with Crippen molar-refractivity contribution >= 4 is 10.9 Å². The molecule has 0 amide bonds. The number of pyridine rings is 1. The summed E-state index contributed by atoms with van der Waals surface area (Å²) >= 11 is 0. The van der Waals surface area contributed by atoms with E-state index < -0.39 is 0 Å². The molecule has 0 atom stereocenters. The lowest BCUT2D eigenvalue weighted by molar-refractivity contribution is 0.174. The van der Waals surface area contributed by atoms with Crippen molar-refractivity contribution in [2.24, 2.45) is 0 Å². The zero-order chi connectivity index (χ0) is 21.5. The Morgan fingerprint density at radius 1 is 0.875 bits per heavy atom. The van der Waals surface area contributed by atoms with Gasteiger partial charge in [0.05, 0.1) is 18.3 Å². The highest BCUT2D eigenvalue weighted by Gasteiger charge is 2.15. The van der Waals surface area contributed by atoms with Crippen molar-refractivity contribution in [2.75, 3.05) is 26.4 Å². The molecule has 162 valence electrons. The Morgan fingerprint density at radius 2 is 1.72 bits per heavy atom. The standard InChI is InChI=1S/C25H24N4O3/c30-25-15-19(18-3-6-23-24(14-18)32-17-31-23)7-10-28(25)21-4-5-22-20(13-21)16-26-29(22)12-11-27-8-1-2-9-27/h3-7,10,13-16H,1-2,8-9,11-12,17H2. The zero-order valence-electron chi connectivity index (χ0n) is 17.7. The minimum atomic E-state index is -0.0825. The van der Waals surface area contributed by atoms with Gasteiger partial charge in [-0.25, -0.2) is 0 Å². The highest BCUT2D eigenvalue weighted by molar-refractivity contribution is 5.81. The number of rotatable bonds is 5. The van der Waals surface area contributed by atoms with Crippen LogP contribution in [0.25, 0.3) is 27.7 Å². The third kappa shape index (κ3) is 3.44. The predicted octanol–water partition coefficient (Wildman–Crippen LogP) is 3.68. The smallest absolute Gasteiger partial charge is 0.255 e. The van der Waals surface area contributed by atoms with Crippen LogP contribution in [-0.4, -0.2) is 45.7 Å². The van der Waals surface area contributed by atoms with Crippen molar-refractivity contribution in [1.29, 1.82) is 0 Å². The topological polar surface area (TPSA) is 61.5 Å². The lowest BCUT2D eigenvalue weighted by Gasteiger charge is -2.14. The molecule has 0 aliphatic carbocycles. The molecule has 2 aliphatic heterocycles. The molecule has 0 saturated carbocycles. The van der Waals surface area contributed by atoms with Crippen LogP contribution in [-0.2, 0) is 6.54 Å². The van der Waals surface area contributed by atoms with Crippen molar-refractivity contribution in [2.45, 2.75) is 19.4 Å². The van der Waals surface area contributed by atoms with Gasteiger partial charge in [0.25, 0.3) is 5.56 Å². The van der Waals surface area contributed by atoms with E-state index in [0.29, 0.717) is 5.75 Å². The van der Waals surface area contributed by atoms with Gasteiger partial charge < -0.3 is 14.4 Å². The number of fused-ring (bicyclic) bond motifs is 2. The molecule has 4 heterocycles. The van der Waals surface area contributed by atoms with Crippen LogP contribution < -0.4 is 15.0 Å². The molecule has 0 N–H and O–H groups in total. The van der Waals surface area contributed by atoms with Crippen LogP contribution in [0, 0.1) is 0 Å². The van der Waals surface area contributed by atoms with E-state index in [1.54, 1.807) is 10.6 Å². The fraction of sp³-hybridized carbons (Fsp3) is 0.280. The summed E-state index contributed by atoms with van der Waals surface area (Å²) < 4.78 is 14.6. The Morgan fingerprint density at radius 3 is 2.59 bits per heavy atom. The molecule has 1 fully saturated rings. The molecule has 0 bridgehead atoms. The van der Waals surface area contributed by atoms with E-state index in [9.17, 15) is 4.79 Å². The summed E-state index contributed by atoms with van der Waals surface area (Å²) in [5.74, 6) is 1.44. The Hall–Kier alpha value is -3.58. The van der Waals surface area contributed by atoms with Crippen LogP contribution >= 0.6 is 0 Å². The van der Waals surface area contributed by atoms with E-state index in [1.807, 2.05) is 48.8 Å². The number of aromatic nitrogens is 3. The summed E-state index contributed by atoms with van der Waals surface area (Å²) in [6.07, 6.45) is 6.30. The van der Waals surface area contributed by atoms with Crippen molar-refractivity contribution in [1.82, 2.24) is 19.2 Å². The molecule has 2 aromatic heterocycles. The maximum absolute atomic E-state index is 12.9. The van der Waals surface area contributed by atoms with Crippen molar-refractivity contribution in [3.05, 3.63) is 71.3 Å². The minimum Gasteiger partial charge on any atom is -0.454 e. The summed E-state index contributed by atoms with van der Waals surface area (Å²) in [6, 6.07) is 15.4. The van der Waals surface area contributed by atoms with E-state index in [4.69, 9.17) is 9.47 Å². The molecule has 1 saturated heterocycles. The SMILES string of the molecule is O=c1cc(-c2ccc3c(c2)OCO3)ccn1-c1ccc2c(cnn2CCN2CCCC2)c1. The van der Waals surface area contributed by atoms with Crippen LogP contribution in [0.3, 0.4) is 0 Å². The number of ether oxygens (including phenoxy) is 2. The number of likely N-dealkylation sites (tertiary alicyclic amines) is 1. The van der Waals surface area contributed by atoms with Crippen LogP contribution in [0.5, 0.6) is 11.5 Å². The lowest BCUT2D eigenvalue weighted by Crippen LogP contribution is -2.24. The maximum atomic E-state index is 12.9. The van der Waals surface area contributed by atoms with Gasteiger partial charge in [0.15, 0.2) is 11.5 Å². The third-order valence-electron chi connectivity index (χ3n) is 6.36. The number of hydrogen-bond acceptors (Lipinski definition) is 5. The predicted molar refractivity (Wildman–Crippen MR) is 123 cm³/mol. The largest absolute Gasteiger partial charge is 0.454 e. The molecular weight excluding hydrogens is 404 g/mol. The minimum absolute atomic E-state index is 0.0825. The van der Waals surface area contributed by atoms with Gasteiger partial charge in [0, 0.05) is 29.9 Å². The summed E-state index contributed by atoms with van der Waals surface area (Å²) in [7, 11) is 0. The molecule has 32 heavy (non-hydrogen) atoms. The van der Waals surface area contributed by atoms with Crippen LogP contribution in [0.15, 0.2) is 65.7 Å². The second kappa shape index (κ2) is 7.84. The number of nitrogens with zero attached hydrogens (tertiary/aromatic N) is 4. The molecular formula is C25H24N4O3. The van der Waals surface area contributed by atoms with Crippen molar-refractivity contribution in [3.8, 4) is 28.3 Å². The Labute approximate surface area is 185 Å². The van der Waals surface area contributed by atoms with Crippen LogP contribution in [0.4, 0.5) is 0 Å². The lowest BCUT2D eigenvalue weighted by atomic mass is 10.1. The first-order valence-corrected chi connectivity index (χ1v) is 11.1. The van der Waals surface area contributed by atoms with Gasteiger partial charge in [-0.2, -0.15) is 5.10 Å². The normalized spacial score (nSPS) is 15.6. The van der Waals surface area contributed by atoms with Crippen molar-refractivity contribution < 1.29 is 9.47 Å². The first-order valence-electron chi connectivity index (χ1n) is 11.1.